The first kappa shape index (κ1) is 12.9. The fourth-order valence-corrected chi connectivity index (χ4v) is 3.49. The van der Waals surface area contributed by atoms with Crippen LogP contribution in [0.4, 0.5) is 0 Å². The molecule has 5 heteroatoms. The molecule has 1 heterocycles. The largest absolute Gasteiger partial charge is 0.248 e. The van der Waals surface area contributed by atoms with E-state index in [9.17, 15) is 9.12 Å². The normalized spacial score (nSPS) is 25.1. The van der Waals surface area contributed by atoms with Crippen LogP contribution in [0.5, 0.6) is 0 Å². The summed E-state index contributed by atoms with van der Waals surface area (Å²) in [5.41, 5.74) is 0.146. The Morgan fingerprint density at radius 2 is 1.93 bits per heavy atom. The fraction of sp³-hybridized carbons (Fsp3) is 0.800. The lowest BCUT2D eigenvalue weighted by atomic mass is 9.99. The molecule has 1 rings (SSSR count). The van der Waals surface area contributed by atoms with Gasteiger partial charge in [-0.3, -0.25) is 0 Å². The first-order chi connectivity index (χ1) is 6.68. The molecule has 0 aromatic carbocycles. The second kappa shape index (κ2) is 4.01. The molecular formula is C10H18NO2S2+. The van der Waals surface area contributed by atoms with Gasteiger partial charge in [-0.1, -0.05) is 10.8 Å². The van der Waals surface area contributed by atoms with Gasteiger partial charge in [0.2, 0.25) is 11.1 Å². The highest BCUT2D eigenvalue weighted by Crippen LogP contribution is 2.37. The molecule has 1 aliphatic heterocycles. The maximum Gasteiger partial charge on any atom is 0.228 e. The van der Waals surface area contributed by atoms with Crippen LogP contribution in [0.2, 0.25) is 0 Å². The standard InChI is InChI=1S/C10H18NO2S2/c1-9(2)6-8(7-14-15(5)13)10(3,4)11(9)12/h6H,7H2,1-5H3/q+1. The Kier molecular flexibility index (Phi) is 3.45. The van der Waals surface area contributed by atoms with Gasteiger partial charge in [-0.05, 0) is 6.08 Å². The highest BCUT2D eigenvalue weighted by Gasteiger charge is 2.54. The summed E-state index contributed by atoms with van der Waals surface area (Å²) in [6, 6.07) is 0. The van der Waals surface area contributed by atoms with Gasteiger partial charge in [0.1, 0.15) is 0 Å². The summed E-state index contributed by atoms with van der Waals surface area (Å²) in [7, 11) is 0.496. The maximum absolute atomic E-state index is 12.0. The van der Waals surface area contributed by atoms with E-state index in [0.717, 1.165) is 10.3 Å². The van der Waals surface area contributed by atoms with Crippen LogP contribution >= 0.6 is 10.8 Å². The van der Waals surface area contributed by atoms with E-state index in [-0.39, 0.29) is 0 Å². The quantitative estimate of drug-likeness (QED) is 0.437. The van der Waals surface area contributed by atoms with E-state index >= 15 is 0 Å². The molecule has 0 saturated heterocycles. The molecule has 0 amide bonds. The van der Waals surface area contributed by atoms with Crippen molar-refractivity contribution < 1.29 is 8.97 Å². The molecule has 15 heavy (non-hydrogen) atoms. The summed E-state index contributed by atoms with van der Waals surface area (Å²) in [5, 5.41) is 0. The van der Waals surface area contributed by atoms with Gasteiger partial charge >= 0.3 is 0 Å². The van der Waals surface area contributed by atoms with E-state index in [0.29, 0.717) is 5.75 Å². The Morgan fingerprint density at radius 1 is 1.40 bits per heavy atom. The molecule has 0 spiro atoms. The molecule has 0 N–H and O–H groups in total. The second-order valence-electron chi connectivity index (χ2n) is 4.84. The maximum atomic E-state index is 12.0. The fourth-order valence-electron chi connectivity index (χ4n) is 1.88. The number of hydrogen-bond donors (Lipinski definition) is 0. The molecule has 0 aromatic rings. The topological polar surface area (TPSA) is 37.1 Å². The molecule has 3 nitrogen and oxygen atoms in total. The monoisotopic (exact) mass is 248 g/mol. The zero-order valence-corrected chi connectivity index (χ0v) is 11.5. The van der Waals surface area contributed by atoms with Crippen LogP contribution in [0.1, 0.15) is 27.7 Å². The van der Waals surface area contributed by atoms with Crippen molar-refractivity contribution in [1.82, 2.24) is 0 Å². The van der Waals surface area contributed by atoms with Crippen molar-refractivity contribution in [3.8, 4) is 0 Å². The van der Waals surface area contributed by atoms with Gasteiger partial charge < -0.3 is 0 Å². The summed E-state index contributed by atoms with van der Waals surface area (Å²) >= 11 is 0. The summed E-state index contributed by atoms with van der Waals surface area (Å²) in [6.07, 6.45) is 3.66. The van der Waals surface area contributed by atoms with E-state index in [2.05, 4.69) is 0 Å². The van der Waals surface area contributed by atoms with E-state index in [1.165, 1.54) is 10.8 Å². The Hall–Kier alpha value is -0.160. The third kappa shape index (κ3) is 2.50. The number of rotatable bonds is 3. The van der Waals surface area contributed by atoms with Crippen molar-refractivity contribution in [2.75, 3.05) is 12.0 Å². The van der Waals surface area contributed by atoms with Gasteiger partial charge in [0.05, 0.1) is 9.83 Å². The highest BCUT2D eigenvalue weighted by molar-refractivity contribution is 8.69. The van der Waals surface area contributed by atoms with Crippen LogP contribution in [0, 0.1) is 4.91 Å². The van der Waals surface area contributed by atoms with Crippen molar-refractivity contribution in [3.05, 3.63) is 16.6 Å². The summed E-state index contributed by atoms with van der Waals surface area (Å²) in [6.45, 7) is 7.64. The van der Waals surface area contributed by atoms with Gasteiger partial charge in [0.25, 0.3) is 0 Å². The summed E-state index contributed by atoms with van der Waals surface area (Å²) in [5.74, 6) is 0.665. The molecule has 0 radical (unpaired) electrons. The Bertz CT molecular complexity index is 345. The Labute approximate surface area is 97.1 Å². The predicted molar refractivity (Wildman–Crippen MR) is 66.4 cm³/mol. The van der Waals surface area contributed by atoms with Gasteiger partial charge in [0, 0.05) is 54.9 Å². The van der Waals surface area contributed by atoms with Gasteiger partial charge in [-0.15, -0.1) is 0 Å². The zero-order valence-electron chi connectivity index (χ0n) is 9.86. The van der Waals surface area contributed by atoms with Gasteiger partial charge in [0.15, 0.2) is 0 Å². The first-order valence-electron chi connectivity index (χ1n) is 4.84. The van der Waals surface area contributed by atoms with Gasteiger partial charge in [-0.25, -0.2) is 4.21 Å². The average molecular weight is 248 g/mol. The molecule has 1 aliphatic rings. The third-order valence-corrected chi connectivity index (χ3v) is 4.83. The lowest BCUT2D eigenvalue weighted by molar-refractivity contribution is -0.651. The molecule has 0 bridgehead atoms. The molecular weight excluding hydrogens is 230 g/mol. The van der Waals surface area contributed by atoms with Crippen molar-refractivity contribution in [2.45, 2.75) is 38.8 Å². The van der Waals surface area contributed by atoms with E-state index in [1.807, 2.05) is 33.8 Å². The summed E-state index contributed by atoms with van der Waals surface area (Å²) in [4.78, 5) is 12.0. The molecule has 86 valence electrons. The Balaban J connectivity index is 2.89. The van der Waals surface area contributed by atoms with Gasteiger partial charge in [-0.2, -0.15) is 0 Å². The number of nitrogens with zero attached hydrogens (tertiary/aromatic N) is 1. The minimum absolute atomic E-state index is 0.450. The van der Waals surface area contributed by atoms with E-state index < -0.39 is 20.9 Å². The number of hydrogen-bond acceptors (Lipinski definition) is 3. The molecule has 0 aliphatic carbocycles. The third-order valence-electron chi connectivity index (χ3n) is 2.72. The van der Waals surface area contributed by atoms with Crippen molar-refractivity contribution in [3.63, 3.8) is 0 Å². The SMILES string of the molecule is CS(=O)SCC1=CC(C)(C)[N+](=O)C1(C)C. The molecule has 0 fully saturated rings. The molecule has 1 atom stereocenters. The molecule has 1 unspecified atom stereocenters. The van der Waals surface area contributed by atoms with Crippen LogP contribution in [0.15, 0.2) is 11.6 Å². The van der Waals surface area contributed by atoms with Crippen molar-refractivity contribution in [2.24, 2.45) is 0 Å². The minimum Gasteiger partial charge on any atom is -0.248 e. The average Bonchev–Trinajstić information content (AvgIpc) is 2.23. The highest BCUT2D eigenvalue weighted by atomic mass is 33.1. The van der Waals surface area contributed by atoms with Crippen LogP contribution in [0.3, 0.4) is 0 Å². The van der Waals surface area contributed by atoms with E-state index in [4.69, 9.17) is 0 Å². The van der Waals surface area contributed by atoms with E-state index in [1.54, 1.807) is 6.26 Å². The smallest absolute Gasteiger partial charge is 0.228 e. The van der Waals surface area contributed by atoms with Crippen LogP contribution in [-0.4, -0.2) is 32.1 Å². The predicted octanol–water partition coefficient (Wildman–Crippen LogP) is 2.29. The zero-order chi connectivity index (χ0) is 11.9. The van der Waals surface area contributed by atoms with Crippen LogP contribution in [0.25, 0.3) is 0 Å². The van der Waals surface area contributed by atoms with Crippen molar-refractivity contribution in [1.29, 1.82) is 0 Å². The minimum atomic E-state index is -0.876. The summed E-state index contributed by atoms with van der Waals surface area (Å²) < 4.78 is 12.1. The lowest BCUT2D eigenvalue weighted by Gasteiger charge is -2.16. The lowest BCUT2D eigenvalue weighted by Crippen LogP contribution is -2.41. The Morgan fingerprint density at radius 3 is 2.27 bits per heavy atom. The van der Waals surface area contributed by atoms with Crippen molar-refractivity contribution >= 4 is 20.6 Å². The molecule has 0 saturated carbocycles. The van der Waals surface area contributed by atoms with Crippen LogP contribution in [-0.2, 0) is 9.83 Å². The molecule has 0 aromatic heterocycles. The number of nitroso groups, excluding NO2 is 1. The first-order valence-corrected chi connectivity index (χ1v) is 7.90. The van der Waals surface area contributed by atoms with Crippen LogP contribution < -0.4 is 0 Å². The second-order valence-corrected chi connectivity index (χ2v) is 8.28.